The van der Waals surface area contributed by atoms with Gasteiger partial charge in [-0.25, -0.2) is 0 Å². The Bertz CT molecular complexity index is 2000. The fourth-order valence-electron chi connectivity index (χ4n) is 7.47. The van der Waals surface area contributed by atoms with Crippen LogP contribution in [0.15, 0.2) is 146 Å². The molecule has 214 valence electrons. The number of nitrogens with zero attached hydrogens (tertiary/aromatic N) is 2. The molecule has 2 aliphatic heterocycles. The Labute approximate surface area is 260 Å². The summed E-state index contributed by atoms with van der Waals surface area (Å²) < 4.78 is 0. The molecule has 0 amide bonds. The van der Waals surface area contributed by atoms with Crippen LogP contribution in [0.2, 0.25) is 0 Å². The highest BCUT2D eigenvalue weighted by Crippen LogP contribution is 2.60. The predicted molar refractivity (Wildman–Crippen MR) is 185 cm³/mol. The van der Waals surface area contributed by atoms with Gasteiger partial charge in [-0.05, 0) is 81.9 Å². The summed E-state index contributed by atoms with van der Waals surface area (Å²) in [6.07, 6.45) is 0. The lowest BCUT2D eigenvalue weighted by Crippen LogP contribution is -2.38. The molecular weight excluding hydrogens is 532 g/mol. The molecule has 6 aromatic rings. The Morgan fingerprint density at radius 2 is 0.909 bits per heavy atom. The van der Waals surface area contributed by atoms with Crippen molar-refractivity contribution in [3.8, 4) is 11.1 Å². The van der Waals surface area contributed by atoms with Crippen LogP contribution in [-0.2, 0) is 10.8 Å². The first-order chi connectivity index (χ1) is 21.4. The second kappa shape index (κ2) is 9.72. The molecule has 0 fully saturated rings. The number of anilines is 6. The first-order valence-corrected chi connectivity index (χ1v) is 15.5. The molecule has 0 spiro atoms. The van der Waals surface area contributed by atoms with Gasteiger partial charge >= 0.3 is 0 Å². The maximum Gasteiger partial charge on any atom is 0.0543 e. The third-order valence-electron chi connectivity index (χ3n) is 9.82. The van der Waals surface area contributed by atoms with E-state index < -0.39 is 0 Å². The zero-order valence-corrected chi connectivity index (χ0v) is 25.8. The van der Waals surface area contributed by atoms with Gasteiger partial charge in [-0.15, -0.1) is 0 Å². The Hall–Kier alpha value is -5.08. The van der Waals surface area contributed by atoms with E-state index in [4.69, 9.17) is 0 Å². The number of benzene rings is 6. The lowest BCUT2D eigenvalue weighted by atomic mass is 9.66. The minimum absolute atomic E-state index is 0.0814. The number of hydrogen-bond donors (Lipinski definition) is 0. The average Bonchev–Trinajstić information content (AvgIpc) is 3.06. The molecule has 0 aliphatic carbocycles. The second-order valence-electron chi connectivity index (χ2n) is 13.1. The van der Waals surface area contributed by atoms with E-state index >= 15 is 0 Å². The monoisotopic (exact) mass is 568 g/mol. The molecule has 2 nitrogen and oxygen atoms in total. The Morgan fingerprint density at radius 1 is 0.409 bits per heavy atom. The molecule has 0 bridgehead atoms. The fraction of sp³-hybridized carbons (Fsp3) is 0.143. The standard InChI is InChI=1S/C42H36N2/c1-41(2)34-18-11-12-21-38(34)44-39-27-26-33(28-37(39)42(3,4)36-20-13-19-35(41)40(36)44)43(31-16-9-6-10-17-31)32-24-22-30(23-25-32)29-14-7-5-8-15-29/h5-28H,1-4H3. The van der Waals surface area contributed by atoms with E-state index in [1.54, 1.807) is 0 Å². The molecule has 0 N–H and O–H groups in total. The molecule has 0 saturated carbocycles. The topological polar surface area (TPSA) is 6.48 Å². The highest BCUT2D eigenvalue weighted by molar-refractivity contribution is 5.94. The largest absolute Gasteiger partial charge is 0.310 e. The fourth-order valence-corrected chi connectivity index (χ4v) is 7.47. The molecule has 44 heavy (non-hydrogen) atoms. The van der Waals surface area contributed by atoms with Crippen LogP contribution >= 0.6 is 0 Å². The summed E-state index contributed by atoms with van der Waals surface area (Å²) in [5, 5.41) is 0. The van der Waals surface area contributed by atoms with E-state index in [2.05, 4.69) is 183 Å². The van der Waals surface area contributed by atoms with Gasteiger partial charge in [0.2, 0.25) is 0 Å². The lowest BCUT2D eigenvalue weighted by Gasteiger charge is -2.49. The summed E-state index contributed by atoms with van der Waals surface area (Å²) >= 11 is 0. The van der Waals surface area contributed by atoms with Gasteiger partial charge in [-0.2, -0.15) is 0 Å². The zero-order chi connectivity index (χ0) is 30.1. The summed E-state index contributed by atoms with van der Waals surface area (Å²) in [4.78, 5) is 4.90. The van der Waals surface area contributed by atoms with Gasteiger partial charge in [0.15, 0.2) is 0 Å². The Balaban J connectivity index is 1.31. The molecule has 0 unspecified atom stereocenters. The SMILES string of the molecule is CC1(C)c2ccccc2N2c3ccc(N(c4ccccc4)c4ccc(-c5ccccc5)cc4)cc3C(C)(C)c3cccc1c32. The number of rotatable bonds is 4. The van der Waals surface area contributed by atoms with Gasteiger partial charge in [0.25, 0.3) is 0 Å². The highest BCUT2D eigenvalue weighted by atomic mass is 15.2. The summed E-state index contributed by atoms with van der Waals surface area (Å²) in [6, 6.07) is 53.1. The van der Waals surface area contributed by atoms with Crippen molar-refractivity contribution in [1.29, 1.82) is 0 Å². The van der Waals surface area contributed by atoms with Gasteiger partial charge in [-0.1, -0.05) is 125 Å². The van der Waals surface area contributed by atoms with Crippen molar-refractivity contribution in [1.82, 2.24) is 0 Å². The number of hydrogen-bond acceptors (Lipinski definition) is 2. The normalized spacial score (nSPS) is 15.1. The van der Waals surface area contributed by atoms with E-state index in [9.17, 15) is 0 Å². The van der Waals surface area contributed by atoms with Crippen LogP contribution in [-0.4, -0.2) is 0 Å². The minimum atomic E-state index is -0.185. The third kappa shape index (κ3) is 3.87. The second-order valence-corrected chi connectivity index (χ2v) is 13.1. The number of para-hydroxylation sites is 3. The number of fused-ring (bicyclic) bond motifs is 4. The summed E-state index contributed by atoms with van der Waals surface area (Å²) in [7, 11) is 0. The van der Waals surface area contributed by atoms with Crippen molar-refractivity contribution in [3.05, 3.63) is 168 Å². The minimum Gasteiger partial charge on any atom is -0.310 e. The Morgan fingerprint density at radius 3 is 1.61 bits per heavy atom. The molecule has 8 rings (SSSR count). The maximum absolute atomic E-state index is 2.52. The van der Waals surface area contributed by atoms with Crippen molar-refractivity contribution in [3.63, 3.8) is 0 Å². The summed E-state index contributed by atoms with van der Waals surface area (Å²) in [5.74, 6) is 0. The van der Waals surface area contributed by atoms with Gasteiger partial charge in [-0.3, -0.25) is 0 Å². The quantitative estimate of drug-likeness (QED) is 0.209. The summed E-state index contributed by atoms with van der Waals surface area (Å²) in [5.41, 5.74) is 14.9. The van der Waals surface area contributed by atoms with Crippen LogP contribution in [0.3, 0.4) is 0 Å². The van der Waals surface area contributed by atoms with Crippen molar-refractivity contribution in [2.75, 3.05) is 9.80 Å². The van der Waals surface area contributed by atoms with Crippen LogP contribution in [0.25, 0.3) is 11.1 Å². The average molecular weight is 569 g/mol. The first kappa shape index (κ1) is 26.5. The van der Waals surface area contributed by atoms with E-state index in [-0.39, 0.29) is 10.8 Å². The van der Waals surface area contributed by atoms with Gasteiger partial charge < -0.3 is 9.80 Å². The van der Waals surface area contributed by atoms with Gasteiger partial charge in [0.05, 0.1) is 17.1 Å². The lowest BCUT2D eigenvalue weighted by molar-refractivity contribution is 0.597. The van der Waals surface area contributed by atoms with Crippen molar-refractivity contribution < 1.29 is 0 Å². The van der Waals surface area contributed by atoms with Crippen LogP contribution < -0.4 is 9.80 Å². The van der Waals surface area contributed by atoms with E-state index in [1.807, 2.05) is 0 Å². The molecule has 2 heteroatoms. The molecule has 0 atom stereocenters. The van der Waals surface area contributed by atoms with Crippen molar-refractivity contribution >= 4 is 34.1 Å². The van der Waals surface area contributed by atoms with E-state index in [0.29, 0.717) is 0 Å². The first-order valence-electron chi connectivity index (χ1n) is 15.5. The molecule has 2 heterocycles. The third-order valence-corrected chi connectivity index (χ3v) is 9.82. The molecule has 2 aliphatic rings. The van der Waals surface area contributed by atoms with Crippen molar-refractivity contribution in [2.45, 2.75) is 38.5 Å². The zero-order valence-electron chi connectivity index (χ0n) is 25.8. The molecule has 0 saturated heterocycles. The van der Waals surface area contributed by atoms with Crippen LogP contribution in [0, 0.1) is 0 Å². The van der Waals surface area contributed by atoms with Crippen LogP contribution in [0.5, 0.6) is 0 Å². The smallest absolute Gasteiger partial charge is 0.0543 e. The maximum atomic E-state index is 2.52. The van der Waals surface area contributed by atoms with Gasteiger partial charge in [0.1, 0.15) is 0 Å². The van der Waals surface area contributed by atoms with E-state index in [1.165, 1.54) is 50.4 Å². The highest BCUT2D eigenvalue weighted by Gasteiger charge is 2.45. The molecule has 6 aromatic carbocycles. The van der Waals surface area contributed by atoms with Crippen LogP contribution in [0.4, 0.5) is 34.1 Å². The molecule has 0 radical (unpaired) electrons. The van der Waals surface area contributed by atoms with Gasteiger partial charge in [0, 0.05) is 27.9 Å². The van der Waals surface area contributed by atoms with Crippen molar-refractivity contribution in [2.24, 2.45) is 0 Å². The molecule has 0 aromatic heterocycles. The van der Waals surface area contributed by atoms with Crippen LogP contribution in [0.1, 0.15) is 49.9 Å². The predicted octanol–water partition coefficient (Wildman–Crippen LogP) is 11.6. The van der Waals surface area contributed by atoms with E-state index in [0.717, 1.165) is 17.1 Å². The Kier molecular flexibility index (Phi) is 5.86. The summed E-state index contributed by atoms with van der Waals surface area (Å²) in [6.45, 7) is 9.51. The molecular formula is C42H36N2.